The van der Waals surface area contributed by atoms with Crippen LogP contribution in [-0.2, 0) is 16.1 Å². The molecule has 0 aliphatic carbocycles. The third kappa shape index (κ3) is 2.86. The molecular weight excluding hydrogens is 256 g/mol. The predicted molar refractivity (Wildman–Crippen MR) is 75.4 cm³/mol. The molecule has 5 heteroatoms. The fraction of sp³-hybridized carbons (Fsp3) is 0.600. The van der Waals surface area contributed by atoms with Crippen molar-refractivity contribution >= 4 is 11.9 Å². The van der Waals surface area contributed by atoms with Crippen LogP contribution < -0.4 is 0 Å². The van der Waals surface area contributed by atoms with Gasteiger partial charge in [0.25, 0.3) is 5.91 Å². The van der Waals surface area contributed by atoms with Gasteiger partial charge in [-0.3, -0.25) is 4.79 Å². The van der Waals surface area contributed by atoms with E-state index in [4.69, 9.17) is 4.74 Å². The van der Waals surface area contributed by atoms with E-state index in [-0.39, 0.29) is 11.9 Å². The van der Waals surface area contributed by atoms with Crippen LogP contribution >= 0.6 is 0 Å². The average Bonchev–Trinajstić information content (AvgIpc) is 2.95. The van der Waals surface area contributed by atoms with Gasteiger partial charge in [-0.15, -0.1) is 0 Å². The molecule has 1 aromatic heterocycles. The zero-order valence-corrected chi connectivity index (χ0v) is 12.2. The van der Waals surface area contributed by atoms with Gasteiger partial charge in [0.2, 0.25) is 0 Å². The van der Waals surface area contributed by atoms with Crippen molar-refractivity contribution in [3.63, 3.8) is 0 Å². The number of hydrogen-bond acceptors (Lipinski definition) is 3. The summed E-state index contributed by atoms with van der Waals surface area (Å²) in [4.78, 5) is 26.3. The van der Waals surface area contributed by atoms with Crippen molar-refractivity contribution in [2.24, 2.45) is 0 Å². The predicted octanol–water partition coefficient (Wildman–Crippen LogP) is 2.07. The van der Waals surface area contributed by atoms with Crippen LogP contribution in [0.25, 0.3) is 0 Å². The van der Waals surface area contributed by atoms with Crippen molar-refractivity contribution in [2.75, 3.05) is 13.2 Å². The fourth-order valence-electron chi connectivity index (χ4n) is 2.69. The van der Waals surface area contributed by atoms with E-state index in [0.717, 1.165) is 19.4 Å². The molecule has 1 atom stereocenters. The first kappa shape index (κ1) is 14.6. The van der Waals surface area contributed by atoms with Gasteiger partial charge in [0.15, 0.2) is 0 Å². The molecule has 2 rings (SSSR count). The number of amides is 1. The highest BCUT2D eigenvalue weighted by Gasteiger charge is 2.34. The number of carbonyl (C=O) groups is 2. The van der Waals surface area contributed by atoms with Gasteiger partial charge in [-0.25, -0.2) is 4.79 Å². The van der Waals surface area contributed by atoms with Gasteiger partial charge in [-0.1, -0.05) is 0 Å². The number of rotatable bonds is 4. The van der Waals surface area contributed by atoms with E-state index in [9.17, 15) is 9.59 Å². The Morgan fingerprint density at radius 3 is 2.85 bits per heavy atom. The minimum absolute atomic E-state index is 0.0744. The molecule has 0 N–H and O–H groups in total. The zero-order chi connectivity index (χ0) is 14.5. The second kappa shape index (κ2) is 6.59. The molecule has 0 saturated carbocycles. The zero-order valence-electron chi connectivity index (χ0n) is 12.2. The number of ether oxygens (including phenoxy) is 1. The molecule has 20 heavy (non-hydrogen) atoms. The fourth-order valence-corrected chi connectivity index (χ4v) is 2.69. The summed E-state index contributed by atoms with van der Waals surface area (Å²) in [5.41, 5.74) is 0.642. The smallest absolute Gasteiger partial charge is 0.328 e. The SMILES string of the molecule is CCOC(=O)C1CCCCN1C(=O)c1cccn1CC. The number of aromatic nitrogens is 1. The lowest BCUT2D eigenvalue weighted by Gasteiger charge is -2.34. The normalized spacial score (nSPS) is 18.9. The van der Waals surface area contributed by atoms with E-state index in [0.29, 0.717) is 25.3 Å². The van der Waals surface area contributed by atoms with Gasteiger partial charge in [0.1, 0.15) is 11.7 Å². The average molecular weight is 278 g/mol. The van der Waals surface area contributed by atoms with Crippen molar-refractivity contribution in [1.82, 2.24) is 9.47 Å². The number of esters is 1. The van der Waals surface area contributed by atoms with Crippen LogP contribution in [0, 0.1) is 0 Å². The number of piperidine rings is 1. The lowest BCUT2D eigenvalue weighted by molar-refractivity contribution is -0.149. The number of hydrogen-bond donors (Lipinski definition) is 0. The molecule has 1 aliphatic heterocycles. The number of aryl methyl sites for hydroxylation is 1. The van der Waals surface area contributed by atoms with Crippen molar-refractivity contribution in [3.8, 4) is 0 Å². The Labute approximate surface area is 119 Å². The minimum Gasteiger partial charge on any atom is -0.464 e. The summed E-state index contributed by atoms with van der Waals surface area (Å²) in [5.74, 6) is -0.357. The number of nitrogens with zero attached hydrogens (tertiary/aromatic N) is 2. The molecule has 1 saturated heterocycles. The van der Waals surface area contributed by atoms with Gasteiger partial charge in [-0.2, -0.15) is 0 Å². The van der Waals surface area contributed by atoms with Crippen LogP contribution in [0.1, 0.15) is 43.6 Å². The molecule has 5 nitrogen and oxygen atoms in total. The standard InChI is InChI=1S/C15H22N2O3/c1-3-16-10-7-9-12(16)14(18)17-11-6-5-8-13(17)15(19)20-4-2/h7,9-10,13H,3-6,8,11H2,1-2H3. The highest BCUT2D eigenvalue weighted by Crippen LogP contribution is 2.21. The molecule has 1 amide bonds. The monoisotopic (exact) mass is 278 g/mol. The Kier molecular flexibility index (Phi) is 4.82. The molecule has 2 heterocycles. The Morgan fingerprint density at radius 1 is 1.35 bits per heavy atom. The lowest BCUT2D eigenvalue weighted by Crippen LogP contribution is -2.49. The van der Waals surface area contributed by atoms with Crippen molar-refractivity contribution < 1.29 is 14.3 Å². The highest BCUT2D eigenvalue weighted by molar-refractivity contribution is 5.95. The highest BCUT2D eigenvalue weighted by atomic mass is 16.5. The second-order valence-corrected chi connectivity index (χ2v) is 4.94. The topological polar surface area (TPSA) is 51.5 Å². The Hall–Kier alpha value is -1.78. The van der Waals surface area contributed by atoms with Crippen LogP contribution in [-0.4, -0.2) is 40.5 Å². The molecule has 0 bridgehead atoms. The quantitative estimate of drug-likeness (QED) is 0.792. The van der Waals surface area contributed by atoms with E-state index >= 15 is 0 Å². The Balaban J connectivity index is 2.19. The van der Waals surface area contributed by atoms with Gasteiger partial charge in [-0.05, 0) is 45.2 Å². The molecule has 1 fully saturated rings. The van der Waals surface area contributed by atoms with E-state index in [1.807, 2.05) is 29.8 Å². The van der Waals surface area contributed by atoms with E-state index in [2.05, 4.69) is 0 Å². The summed E-state index contributed by atoms with van der Waals surface area (Å²) in [7, 11) is 0. The summed E-state index contributed by atoms with van der Waals surface area (Å²) in [6.45, 7) is 5.50. The molecule has 0 radical (unpaired) electrons. The van der Waals surface area contributed by atoms with Crippen molar-refractivity contribution in [2.45, 2.75) is 45.7 Å². The third-order valence-corrected chi connectivity index (χ3v) is 3.71. The van der Waals surface area contributed by atoms with Crippen LogP contribution in [0.5, 0.6) is 0 Å². The molecule has 0 aromatic carbocycles. The maximum Gasteiger partial charge on any atom is 0.328 e. The second-order valence-electron chi connectivity index (χ2n) is 4.94. The molecule has 1 unspecified atom stereocenters. The number of likely N-dealkylation sites (tertiary alicyclic amines) is 1. The Morgan fingerprint density at radius 2 is 2.15 bits per heavy atom. The maximum absolute atomic E-state index is 12.7. The largest absolute Gasteiger partial charge is 0.464 e. The van der Waals surface area contributed by atoms with Crippen LogP contribution in [0.15, 0.2) is 18.3 Å². The summed E-state index contributed by atoms with van der Waals surface area (Å²) in [6, 6.07) is 3.24. The van der Waals surface area contributed by atoms with Crippen molar-refractivity contribution in [1.29, 1.82) is 0 Å². The summed E-state index contributed by atoms with van der Waals surface area (Å²) >= 11 is 0. The van der Waals surface area contributed by atoms with Crippen LogP contribution in [0.2, 0.25) is 0 Å². The minimum atomic E-state index is -0.434. The molecular formula is C15H22N2O3. The number of carbonyl (C=O) groups excluding carboxylic acids is 2. The van der Waals surface area contributed by atoms with Crippen LogP contribution in [0.4, 0.5) is 0 Å². The summed E-state index contributed by atoms with van der Waals surface area (Å²) in [5, 5.41) is 0. The maximum atomic E-state index is 12.7. The molecule has 1 aromatic rings. The summed E-state index contributed by atoms with van der Waals surface area (Å²) in [6.07, 6.45) is 4.48. The summed E-state index contributed by atoms with van der Waals surface area (Å²) < 4.78 is 7.00. The first-order valence-corrected chi connectivity index (χ1v) is 7.31. The van der Waals surface area contributed by atoms with Gasteiger partial charge in [0.05, 0.1) is 6.61 Å². The van der Waals surface area contributed by atoms with Gasteiger partial charge >= 0.3 is 5.97 Å². The Bertz CT molecular complexity index is 481. The van der Waals surface area contributed by atoms with Crippen LogP contribution in [0.3, 0.4) is 0 Å². The lowest BCUT2D eigenvalue weighted by atomic mass is 10.0. The molecule has 0 spiro atoms. The third-order valence-electron chi connectivity index (χ3n) is 3.71. The van der Waals surface area contributed by atoms with E-state index in [1.54, 1.807) is 11.8 Å². The molecule has 1 aliphatic rings. The van der Waals surface area contributed by atoms with Gasteiger partial charge in [0, 0.05) is 19.3 Å². The van der Waals surface area contributed by atoms with Crippen molar-refractivity contribution in [3.05, 3.63) is 24.0 Å². The van der Waals surface area contributed by atoms with Gasteiger partial charge < -0.3 is 14.2 Å². The van der Waals surface area contributed by atoms with E-state index in [1.165, 1.54) is 0 Å². The first-order valence-electron chi connectivity index (χ1n) is 7.31. The van der Waals surface area contributed by atoms with E-state index < -0.39 is 6.04 Å². The first-order chi connectivity index (χ1) is 9.69. The molecule has 110 valence electrons.